The number of hydrogen-bond acceptors (Lipinski definition) is 4. The third-order valence-electron chi connectivity index (χ3n) is 3.48. The van der Waals surface area contributed by atoms with Crippen molar-refractivity contribution in [3.05, 3.63) is 24.3 Å². The maximum absolute atomic E-state index is 5.80. The van der Waals surface area contributed by atoms with Crippen molar-refractivity contribution in [1.29, 1.82) is 0 Å². The van der Waals surface area contributed by atoms with Crippen LogP contribution in [0.1, 0.15) is 0 Å². The highest BCUT2D eigenvalue weighted by Gasteiger charge is 2.24. The van der Waals surface area contributed by atoms with Crippen LogP contribution in [0.5, 0.6) is 5.75 Å². The zero-order valence-electron chi connectivity index (χ0n) is 10.6. The largest absolute Gasteiger partial charge is 0.495 e. The molecule has 0 bridgehead atoms. The highest BCUT2D eigenvalue weighted by Crippen LogP contribution is 2.28. The van der Waals surface area contributed by atoms with Gasteiger partial charge in [0.25, 0.3) is 0 Å². The maximum atomic E-state index is 5.80. The fraction of sp³-hybridized carbons (Fsp3) is 0.538. The lowest BCUT2D eigenvalue weighted by Crippen LogP contribution is -2.54. The van der Waals surface area contributed by atoms with Gasteiger partial charge in [0.2, 0.25) is 0 Å². The lowest BCUT2D eigenvalue weighted by molar-refractivity contribution is 0.223. The van der Waals surface area contributed by atoms with Crippen LogP contribution >= 0.6 is 0 Å². The van der Waals surface area contributed by atoms with Gasteiger partial charge in [0.05, 0.1) is 12.8 Å². The van der Waals surface area contributed by atoms with Gasteiger partial charge < -0.3 is 15.4 Å². The Morgan fingerprint density at radius 3 is 2.82 bits per heavy atom. The summed E-state index contributed by atoms with van der Waals surface area (Å²) in [5.41, 5.74) is 6.97. The first kappa shape index (κ1) is 12.2. The minimum Gasteiger partial charge on any atom is -0.495 e. The summed E-state index contributed by atoms with van der Waals surface area (Å²) in [5.74, 6) is 0.938. The van der Waals surface area contributed by atoms with Crippen LogP contribution in [0.4, 0.5) is 5.69 Å². The number of likely N-dealkylation sites (N-methyl/N-ethyl adjacent to an activating group) is 1. The molecule has 1 aliphatic rings. The van der Waals surface area contributed by atoms with Gasteiger partial charge in [0.1, 0.15) is 5.75 Å². The molecule has 4 heteroatoms. The lowest BCUT2D eigenvalue weighted by atomic mass is 10.1. The topological polar surface area (TPSA) is 41.7 Å². The van der Waals surface area contributed by atoms with Crippen molar-refractivity contribution in [3.8, 4) is 5.75 Å². The Balaban J connectivity index is 2.17. The second-order valence-electron chi connectivity index (χ2n) is 4.49. The molecular formula is C13H21N3O. The molecule has 1 atom stereocenters. The van der Waals surface area contributed by atoms with Crippen molar-refractivity contribution in [2.75, 3.05) is 45.2 Å². The van der Waals surface area contributed by atoms with E-state index in [4.69, 9.17) is 10.5 Å². The van der Waals surface area contributed by atoms with Gasteiger partial charge in [0.15, 0.2) is 0 Å². The molecule has 4 nitrogen and oxygen atoms in total. The first-order chi connectivity index (χ1) is 8.26. The van der Waals surface area contributed by atoms with Crippen LogP contribution in [-0.4, -0.2) is 51.3 Å². The van der Waals surface area contributed by atoms with E-state index in [1.54, 1.807) is 7.11 Å². The molecule has 2 rings (SSSR count). The monoisotopic (exact) mass is 235 g/mol. The van der Waals surface area contributed by atoms with Gasteiger partial charge in [-0.3, -0.25) is 4.90 Å². The summed E-state index contributed by atoms with van der Waals surface area (Å²) in [5, 5.41) is 0. The van der Waals surface area contributed by atoms with Gasteiger partial charge in [-0.2, -0.15) is 0 Å². The molecule has 0 amide bonds. The summed E-state index contributed by atoms with van der Waals surface area (Å²) < 4.78 is 5.41. The zero-order chi connectivity index (χ0) is 12.3. The number of para-hydroxylation sites is 2. The van der Waals surface area contributed by atoms with Gasteiger partial charge >= 0.3 is 0 Å². The molecular weight excluding hydrogens is 214 g/mol. The second kappa shape index (κ2) is 5.38. The van der Waals surface area contributed by atoms with E-state index in [1.165, 1.54) is 5.69 Å². The number of hydrogen-bond donors (Lipinski definition) is 1. The van der Waals surface area contributed by atoms with E-state index >= 15 is 0 Å². The Bertz CT molecular complexity index is 369. The summed E-state index contributed by atoms with van der Waals surface area (Å²) in [6.45, 7) is 3.73. The fourth-order valence-electron chi connectivity index (χ4n) is 2.31. The van der Waals surface area contributed by atoms with Crippen molar-refractivity contribution in [2.45, 2.75) is 6.04 Å². The van der Waals surface area contributed by atoms with E-state index in [2.05, 4.69) is 22.9 Å². The molecule has 1 aliphatic heterocycles. The molecule has 0 spiro atoms. The number of methoxy groups -OCH3 is 1. The molecule has 1 fully saturated rings. The van der Waals surface area contributed by atoms with E-state index in [9.17, 15) is 0 Å². The van der Waals surface area contributed by atoms with Crippen molar-refractivity contribution in [1.82, 2.24) is 4.90 Å². The number of ether oxygens (including phenoxy) is 1. The van der Waals surface area contributed by atoms with Crippen LogP contribution in [0.2, 0.25) is 0 Å². The normalized spacial score (nSPS) is 21.6. The second-order valence-corrected chi connectivity index (χ2v) is 4.49. The minimum absolute atomic E-state index is 0.425. The summed E-state index contributed by atoms with van der Waals surface area (Å²) in [6.07, 6.45) is 0. The van der Waals surface area contributed by atoms with Crippen molar-refractivity contribution in [3.63, 3.8) is 0 Å². The van der Waals surface area contributed by atoms with Gasteiger partial charge in [-0.1, -0.05) is 12.1 Å². The molecule has 2 N–H and O–H groups in total. The summed E-state index contributed by atoms with van der Waals surface area (Å²) in [4.78, 5) is 4.68. The van der Waals surface area contributed by atoms with Crippen LogP contribution in [0.3, 0.4) is 0 Å². The predicted octanol–water partition coefficient (Wildman–Crippen LogP) is 0.774. The number of nitrogens with two attached hydrogens (primary N) is 1. The van der Waals surface area contributed by atoms with Crippen LogP contribution in [0.25, 0.3) is 0 Å². The van der Waals surface area contributed by atoms with E-state index in [0.29, 0.717) is 12.6 Å². The number of benzene rings is 1. The molecule has 1 heterocycles. The average Bonchev–Trinajstić information content (AvgIpc) is 2.39. The molecule has 1 aromatic carbocycles. The Kier molecular flexibility index (Phi) is 3.86. The van der Waals surface area contributed by atoms with E-state index < -0.39 is 0 Å². The molecule has 0 radical (unpaired) electrons. The molecule has 1 saturated heterocycles. The van der Waals surface area contributed by atoms with E-state index in [-0.39, 0.29) is 0 Å². The molecule has 0 aliphatic carbocycles. The third-order valence-corrected chi connectivity index (χ3v) is 3.48. The van der Waals surface area contributed by atoms with Crippen LogP contribution in [0, 0.1) is 0 Å². The quantitative estimate of drug-likeness (QED) is 0.840. The Hall–Kier alpha value is -1.26. The predicted molar refractivity (Wildman–Crippen MR) is 70.7 cm³/mol. The number of rotatable bonds is 3. The third kappa shape index (κ3) is 2.53. The molecule has 1 aromatic rings. The van der Waals surface area contributed by atoms with Crippen molar-refractivity contribution >= 4 is 5.69 Å². The fourth-order valence-corrected chi connectivity index (χ4v) is 2.31. The minimum atomic E-state index is 0.425. The maximum Gasteiger partial charge on any atom is 0.142 e. The number of nitrogens with zero attached hydrogens (tertiary/aromatic N) is 2. The molecule has 0 aromatic heterocycles. The lowest BCUT2D eigenvalue weighted by Gasteiger charge is -2.40. The SMILES string of the molecule is COc1ccccc1N1CCN(C)C(CN)C1. The highest BCUT2D eigenvalue weighted by molar-refractivity contribution is 5.58. The van der Waals surface area contributed by atoms with Gasteiger partial charge in [-0.15, -0.1) is 0 Å². The highest BCUT2D eigenvalue weighted by atomic mass is 16.5. The Morgan fingerprint density at radius 1 is 1.35 bits per heavy atom. The molecule has 17 heavy (non-hydrogen) atoms. The summed E-state index contributed by atoms with van der Waals surface area (Å²) in [6, 6.07) is 8.59. The summed E-state index contributed by atoms with van der Waals surface area (Å²) in [7, 11) is 3.85. The Labute approximate surface area is 103 Å². The van der Waals surface area contributed by atoms with E-state index in [1.807, 2.05) is 18.2 Å². The van der Waals surface area contributed by atoms with E-state index in [0.717, 1.165) is 25.4 Å². The van der Waals surface area contributed by atoms with Gasteiger partial charge in [-0.05, 0) is 19.2 Å². The van der Waals surface area contributed by atoms with Gasteiger partial charge in [0, 0.05) is 32.2 Å². The van der Waals surface area contributed by atoms with Crippen LogP contribution < -0.4 is 15.4 Å². The zero-order valence-corrected chi connectivity index (χ0v) is 10.6. The summed E-state index contributed by atoms with van der Waals surface area (Å²) >= 11 is 0. The average molecular weight is 235 g/mol. The van der Waals surface area contributed by atoms with Crippen LogP contribution in [0.15, 0.2) is 24.3 Å². The molecule has 0 saturated carbocycles. The number of piperazine rings is 1. The van der Waals surface area contributed by atoms with Crippen molar-refractivity contribution < 1.29 is 4.74 Å². The van der Waals surface area contributed by atoms with Gasteiger partial charge in [-0.25, -0.2) is 0 Å². The number of anilines is 1. The molecule has 94 valence electrons. The first-order valence-corrected chi connectivity index (χ1v) is 6.04. The Morgan fingerprint density at radius 2 is 2.12 bits per heavy atom. The standard InChI is InChI=1S/C13H21N3O/c1-15-7-8-16(10-11(15)9-14)12-5-3-4-6-13(12)17-2/h3-6,11H,7-10,14H2,1-2H3. The first-order valence-electron chi connectivity index (χ1n) is 6.04. The molecule has 1 unspecified atom stereocenters. The smallest absolute Gasteiger partial charge is 0.142 e. The van der Waals surface area contributed by atoms with Crippen molar-refractivity contribution in [2.24, 2.45) is 5.73 Å². The van der Waals surface area contributed by atoms with Crippen LogP contribution in [-0.2, 0) is 0 Å².